The SMILES string of the molecule is O=C(NC(=S)Nc1cc(Cl)cc(Cl)c1O)c1cccs1. The lowest BCUT2D eigenvalue weighted by Gasteiger charge is -2.11. The van der Waals surface area contributed by atoms with Crippen molar-refractivity contribution in [3.05, 3.63) is 44.6 Å². The van der Waals surface area contributed by atoms with Crippen LogP contribution in [0.5, 0.6) is 5.75 Å². The van der Waals surface area contributed by atoms with Gasteiger partial charge in [0.1, 0.15) is 0 Å². The van der Waals surface area contributed by atoms with Crippen LogP contribution in [0.25, 0.3) is 0 Å². The Hall–Kier alpha value is -1.34. The molecule has 0 bridgehead atoms. The topological polar surface area (TPSA) is 61.4 Å². The van der Waals surface area contributed by atoms with E-state index in [-0.39, 0.29) is 27.5 Å². The number of hydrogen-bond donors (Lipinski definition) is 3. The molecule has 0 fully saturated rings. The highest BCUT2D eigenvalue weighted by Gasteiger charge is 2.12. The van der Waals surface area contributed by atoms with E-state index < -0.39 is 0 Å². The summed E-state index contributed by atoms with van der Waals surface area (Å²) >= 11 is 17.9. The molecule has 1 aromatic carbocycles. The van der Waals surface area contributed by atoms with Gasteiger partial charge in [-0.25, -0.2) is 0 Å². The number of halogens is 2. The summed E-state index contributed by atoms with van der Waals surface area (Å²) < 4.78 is 0. The molecule has 1 amide bonds. The molecule has 0 saturated carbocycles. The molecule has 0 aliphatic carbocycles. The summed E-state index contributed by atoms with van der Waals surface area (Å²) in [6.07, 6.45) is 0. The third kappa shape index (κ3) is 3.61. The number of carbonyl (C=O) groups is 1. The molecule has 3 N–H and O–H groups in total. The Labute approximate surface area is 134 Å². The molecular weight excluding hydrogens is 339 g/mol. The maximum Gasteiger partial charge on any atom is 0.267 e. The average Bonchev–Trinajstić information content (AvgIpc) is 2.89. The van der Waals surface area contributed by atoms with Crippen molar-refractivity contribution in [2.75, 3.05) is 5.32 Å². The first-order chi connectivity index (χ1) is 9.47. The van der Waals surface area contributed by atoms with Gasteiger partial charge in [-0.05, 0) is 35.8 Å². The number of thiophene rings is 1. The van der Waals surface area contributed by atoms with E-state index in [1.807, 2.05) is 0 Å². The van der Waals surface area contributed by atoms with Gasteiger partial charge in [-0.2, -0.15) is 0 Å². The van der Waals surface area contributed by atoms with E-state index in [2.05, 4.69) is 10.6 Å². The van der Waals surface area contributed by atoms with Crippen LogP contribution in [0.2, 0.25) is 10.0 Å². The van der Waals surface area contributed by atoms with Crippen molar-refractivity contribution in [3.63, 3.8) is 0 Å². The molecule has 0 radical (unpaired) electrons. The Kier molecular flexibility index (Phi) is 4.82. The van der Waals surface area contributed by atoms with Crippen LogP contribution < -0.4 is 10.6 Å². The van der Waals surface area contributed by atoms with Gasteiger partial charge in [-0.3, -0.25) is 10.1 Å². The van der Waals surface area contributed by atoms with Crippen LogP contribution in [0, 0.1) is 0 Å². The minimum atomic E-state index is -0.329. The predicted molar refractivity (Wildman–Crippen MR) is 86.1 cm³/mol. The third-order valence-corrected chi connectivity index (χ3v) is 3.83. The first kappa shape index (κ1) is 15.1. The molecule has 0 atom stereocenters. The number of phenols is 1. The third-order valence-electron chi connectivity index (χ3n) is 2.25. The molecule has 2 aromatic rings. The molecule has 1 heterocycles. The zero-order chi connectivity index (χ0) is 14.7. The molecule has 2 rings (SSSR count). The van der Waals surface area contributed by atoms with Crippen molar-refractivity contribution in [3.8, 4) is 5.75 Å². The van der Waals surface area contributed by atoms with Crippen LogP contribution in [0.3, 0.4) is 0 Å². The molecule has 0 aliphatic rings. The second kappa shape index (κ2) is 6.41. The van der Waals surface area contributed by atoms with Gasteiger partial charge in [-0.1, -0.05) is 29.3 Å². The van der Waals surface area contributed by atoms with E-state index in [0.29, 0.717) is 9.90 Å². The van der Waals surface area contributed by atoms with Crippen molar-refractivity contribution < 1.29 is 9.90 Å². The molecule has 8 heteroatoms. The number of hydrogen-bond acceptors (Lipinski definition) is 4. The van der Waals surface area contributed by atoms with E-state index >= 15 is 0 Å². The Balaban J connectivity index is 2.07. The minimum absolute atomic E-state index is 0.0389. The van der Waals surface area contributed by atoms with Crippen molar-refractivity contribution in [1.82, 2.24) is 5.32 Å². The number of phenolic OH excluding ortho intramolecular Hbond substituents is 1. The van der Waals surface area contributed by atoms with Crippen LogP contribution in [-0.2, 0) is 0 Å². The second-order valence-electron chi connectivity index (χ2n) is 3.67. The van der Waals surface area contributed by atoms with Crippen LogP contribution >= 0.6 is 46.8 Å². The molecule has 0 saturated heterocycles. The normalized spacial score (nSPS) is 10.1. The highest BCUT2D eigenvalue weighted by Crippen LogP contribution is 2.34. The van der Waals surface area contributed by atoms with Gasteiger partial charge in [0.05, 0.1) is 15.6 Å². The average molecular weight is 347 g/mol. The van der Waals surface area contributed by atoms with Crippen molar-refractivity contribution in [2.45, 2.75) is 0 Å². The van der Waals surface area contributed by atoms with Crippen molar-refractivity contribution in [2.24, 2.45) is 0 Å². The molecule has 0 spiro atoms. The van der Waals surface area contributed by atoms with Crippen LogP contribution in [0.1, 0.15) is 9.67 Å². The summed E-state index contributed by atoms with van der Waals surface area (Å²) in [5.74, 6) is -0.520. The molecular formula is C12H8Cl2N2O2S2. The highest BCUT2D eigenvalue weighted by molar-refractivity contribution is 7.80. The van der Waals surface area contributed by atoms with Gasteiger partial charge in [0, 0.05) is 5.02 Å². The van der Waals surface area contributed by atoms with Crippen molar-refractivity contribution in [1.29, 1.82) is 0 Å². The zero-order valence-electron chi connectivity index (χ0n) is 9.81. The van der Waals surface area contributed by atoms with Gasteiger partial charge in [0.2, 0.25) is 0 Å². The molecule has 104 valence electrons. The Morgan fingerprint density at radius 3 is 2.75 bits per heavy atom. The lowest BCUT2D eigenvalue weighted by atomic mass is 10.3. The Bertz CT molecular complexity index is 660. The van der Waals surface area contributed by atoms with E-state index in [1.165, 1.54) is 23.5 Å². The van der Waals surface area contributed by atoms with Gasteiger partial charge in [0.25, 0.3) is 5.91 Å². The number of benzene rings is 1. The quantitative estimate of drug-likeness (QED) is 0.570. The number of aromatic hydroxyl groups is 1. The Morgan fingerprint density at radius 1 is 1.35 bits per heavy atom. The maximum absolute atomic E-state index is 11.8. The number of rotatable bonds is 2. The highest BCUT2D eigenvalue weighted by atomic mass is 35.5. The largest absolute Gasteiger partial charge is 0.504 e. The van der Waals surface area contributed by atoms with Crippen LogP contribution in [-0.4, -0.2) is 16.1 Å². The standard InChI is InChI=1S/C12H8Cl2N2O2S2/c13-6-4-7(14)10(17)8(5-6)15-12(19)16-11(18)9-2-1-3-20-9/h1-5,17H,(H2,15,16,18,19). The smallest absolute Gasteiger partial charge is 0.267 e. The van der Waals surface area contributed by atoms with E-state index in [1.54, 1.807) is 17.5 Å². The number of thiocarbonyl (C=S) groups is 1. The number of amides is 1. The summed E-state index contributed by atoms with van der Waals surface area (Å²) in [5, 5.41) is 17.2. The summed E-state index contributed by atoms with van der Waals surface area (Å²) in [4.78, 5) is 12.3. The molecule has 4 nitrogen and oxygen atoms in total. The lowest BCUT2D eigenvalue weighted by Crippen LogP contribution is -2.33. The fourth-order valence-corrected chi connectivity index (χ4v) is 2.70. The first-order valence-electron chi connectivity index (χ1n) is 5.31. The van der Waals surface area contributed by atoms with E-state index in [0.717, 1.165) is 0 Å². The predicted octanol–water partition coefficient (Wildman–Crippen LogP) is 3.89. The molecule has 20 heavy (non-hydrogen) atoms. The fraction of sp³-hybridized carbons (Fsp3) is 0. The maximum atomic E-state index is 11.8. The van der Waals surface area contributed by atoms with E-state index in [9.17, 15) is 9.90 Å². The first-order valence-corrected chi connectivity index (χ1v) is 7.35. The molecule has 0 aliphatic heterocycles. The molecule has 0 unspecified atom stereocenters. The van der Waals surface area contributed by atoms with Crippen LogP contribution in [0.4, 0.5) is 5.69 Å². The number of carbonyl (C=O) groups excluding carboxylic acids is 1. The second-order valence-corrected chi connectivity index (χ2v) is 5.87. The van der Waals surface area contributed by atoms with E-state index in [4.69, 9.17) is 35.4 Å². The monoisotopic (exact) mass is 346 g/mol. The Morgan fingerprint density at radius 2 is 2.10 bits per heavy atom. The van der Waals surface area contributed by atoms with Gasteiger partial charge in [0.15, 0.2) is 10.9 Å². The zero-order valence-corrected chi connectivity index (χ0v) is 13.0. The van der Waals surface area contributed by atoms with Gasteiger partial charge < -0.3 is 10.4 Å². The summed E-state index contributed by atoms with van der Waals surface area (Å²) in [6.45, 7) is 0. The van der Waals surface area contributed by atoms with Crippen molar-refractivity contribution >= 4 is 63.5 Å². The lowest BCUT2D eigenvalue weighted by molar-refractivity contribution is 0.0981. The van der Waals surface area contributed by atoms with Gasteiger partial charge >= 0.3 is 0 Å². The number of anilines is 1. The summed E-state index contributed by atoms with van der Waals surface area (Å²) in [6, 6.07) is 6.29. The fourth-order valence-electron chi connectivity index (χ4n) is 1.39. The van der Waals surface area contributed by atoms with Crippen LogP contribution in [0.15, 0.2) is 29.6 Å². The van der Waals surface area contributed by atoms with Gasteiger partial charge in [-0.15, -0.1) is 11.3 Å². The summed E-state index contributed by atoms with van der Waals surface area (Å²) in [7, 11) is 0. The molecule has 1 aromatic heterocycles. The minimum Gasteiger partial charge on any atom is -0.504 e. The number of nitrogens with one attached hydrogen (secondary N) is 2. The summed E-state index contributed by atoms with van der Waals surface area (Å²) in [5.41, 5.74) is 0.221.